The number of hydrogen-bond donors (Lipinski definition) is 1. The molecule has 4 unspecified atom stereocenters. The van der Waals surface area contributed by atoms with Gasteiger partial charge in [0.25, 0.3) is 5.56 Å². The molecule has 0 aliphatic carbocycles. The Morgan fingerprint density at radius 2 is 2.10 bits per heavy atom. The van der Waals surface area contributed by atoms with E-state index in [1.54, 1.807) is 18.7 Å². The monoisotopic (exact) mass is 538 g/mol. The molecule has 2 aliphatic heterocycles. The van der Waals surface area contributed by atoms with Crippen LogP contribution in [0.1, 0.15) is 37.3 Å². The Balaban J connectivity index is 1.42. The van der Waals surface area contributed by atoms with Gasteiger partial charge in [0.15, 0.2) is 0 Å². The van der Waals surface area contributed by atoms with Crippen LogP contribution in [0.3, 0.4) is 0 Å². The van der Waals surface area contributed by atoms with E-state index in [0.29, 0.717) is 38.3 Å². The van der Waals surface area contributed by atoms with E-state index in [1.807, 2.05) is 38.2 Å². The summed E-state index contributed by atoms with van der Waals surface area (Å²) in [6.07, 6.45) is 4.16. The number of rotatable bonds is 10. The Morgan fingerprint density at radius 3 is 2.79 bits per heavy atom. The molecule has 2 saturated heterocycles. The van der Waals surface area contributed by atoms with Crippen LogP contribution in [0.5, 0.6) is 0 Å². The van der Waals surface area contributed by atoms with Gasteiger partial charge in [0.1, 0.15) is 18.0 Å². The number of hydrogen-bond acceptors (Lipinski definition) is 8. The number of aromatic nitrogens is 3. The number of aryl methyl sites for hydroxylation is 2. The maximum atomic E-state index is 12.9. The summed E-state index contributed by atoms with van der Waals surface area (Å²) in [6.45, 7) is 6.62. The first-order valence-electron chi connectivity index (χ1n) is 13.7. The van der Waals surface area contributed by atoms with Crippen LogP contribution in [0.25, 0.3) is 22.4 Å². The van der Waals surface area contributed by atoms with Gasteiger partial charge in [0.05, 0.1) is 43.0 Å². The lowest BCUT2D eigenvalue weighted by Gasteiger charge is -2.24. The van der Waals surface area contributed by atoms with E-state index in [-0.39, 0.29) is 29.8 Å². The topological polar surface area (TPSA) is 106 Å². The molecule has 4 atom stereocenters. The average molecular weight is 539 g/mol. The third-order valence-corrected chi connectivity index (χ3v) is 7.64. The van der Waals surface area contributed by atoms with Gasteiger partial charge in [-0.3, -0.25) is 14.9 Å². The smallest absolute Gasteiger partial charge is 0.326 e. The minimum atomic E-state index is -0.618. The number of fused-ring (bicyclic) bond motifs is 1. The SMILES string of the molecule is COC(C)C(NCc1ccc2c(c1)nc(-c1cc(C)c(=O)n(C)c1)n2CC1CCCO1)C(=O)OC1CCOC1. The first-order valence-corrected chi connectivity index (χ1v) is 13.7. The van der Waals surface area contributed by atoms with Gasteiger partial charge in [-0.05, 0) is 50.5 Å². The first kappa shape index (κ1) is 27.5. The number of nitrogens with zero attached hydrogens (tertiary/aromatic N) is 3. The molecule has 1 N–H and O–H groups in total. The van der Waals surface area contributed by atoms with Gasteiger partial charge in [-0.15, -0.1) is 0 Å². The molecule has 1 aromatic carbocycles. The molecule has 4 heterocycles. The van der Waals surface area contributed by atoms with Crippen molar-refractivity contribution in [2.24, 2.45) is 7.05 Å². The van der Waals surface area contributed by atoms with Crippen molar-refractivity contribution >= 4 is 17.0 Å². The fraction of sp³-hybridized carbons (Fsp3) is 0.552. The molecular formula is C29H38N4O6. The van der Waals surface area contributed by atoms with Crippen LogP contribution in [0.4, 0.5) is 0 Å². The molecule has 5 rings (SSSR count). The molecule has 0 radical (unpaired) electrons. The normalized spacial score (nSPS) is 20.9. The summed E-state index contributed by atoms with van der Waals surface area (Å²) in [5.41, 5.74) is 4.36. The standard InChI is InChI=1S/C29H38N4O6/c1-18-12-21(15-32(3)28(18)34)27-31-24-13-20(7-8-25(24)33(27)16-22-6-5-10-38-22)14-30-26(19(2)36-4)29(35)39-23-9-11-37-17-23/h7-8,12-13,15,19,22-23,26,30H,5-6,9-11,14,16-17H2,1-4H3. The molecule has 10 nitrogen and oxygen atoms in total. The van der Waals surface area contributed by atoms with Crippen molar-refractivity contribution in [3.8, 4) is 11.4 Å². The number of carbonyl (C=O) groups excluding carboxylic acids is 1. The summed E-state index contributed by atoms with van der Waals surface area (Å²) in [7, 11) is 3.35. The van der Waals surface area contributed by atoms with Crippen LogP contribution >= 0.6 is 0 Å². The van der Waals surface area contributed by atoms with Crippen LogP contribution in [0.15, 0.2) is 35.3 Å². The number of benzene rings is 1. The highest BCUT2D eigenvalue weighted by atomic mass is 16.6. The third kappa shape index (κ3) is 6.09. The van der Waals surface area contributed by atoms with Crippen molar-refractivity contribution in [1.82, 2.24) is 19.4 Å². The summed E-state index contributed by atoms with van der Waals surface area (Å²) in [5.74, 6) is 0.465. The quantitative estimate of drug-likeness (QED) is 0.393. The zero-order valence-corrected chi connectivity index (χ0v) is 23.1. The van der Waals surface area contributed by atoms with Gasteiger partial charge >= 0.3 is 5.97 Å². The second-order valence-electron chi connectivity index (χ2n) is 10.6. The summed E-state index contributed by atoms with van der Waals surface area (Å²) in [6, 6.07) is 7.43. The Morgan fingerprint density at radius 1 is 1.26 bits per heavy atom. The largest absolute Gasteiger partial charge is 0.459 e. The highest BCUT2D eigenvalue weighted by molar-refractivity contribution is 5.81. The molecule has 2 aliphatic rings. The van der Waals surface area contributed by atoms with Crippen LogP contribution in [-0.4, -0.2) is 71.4 Å². The molecule has 39 heavy (non-hydrogen) atoms. The molecule has 0 spiro atoms. The van der Waals surface area contributed by atoms with Crippen LogP contribution in [0.2, 0.25) is 0 Å². The lowest BCUT2D eigenvalue weighted by molar-refractivity contribution is -0.155. The van der Waals surface area contributed by atoms with Gasteiger partial charge in [0, 0.05) is 51.1 Å². The number of methoxy groups -OCH3 is 1. The van der Waals surface area contributed by atoms with Crippen LogP contribution in [0, 0.1) is 6.92 Å². The second-order valence-corrected chi connectivity index (χ2v) is 10.6. The van der Waals surface area contributed by atoms with Crippen molar-refractivity contribution in [3.63, 3.8) is 0 Å². The number of pyridine rings is 1. The Hall–Kier alpha value is -3.05. The van der Waals surface area contributed by atoms with Gasteiger partial charge in [-0.2, -0.15) is 0 Å². The zero-order chi connectivity index (χ0) is 27.5. The Labute approximate surface area is 228 Å². The van der Waals surface area contributed by atoms with Crippen molar-refractivity contribution in [3.05, 3.63) is 51.9 Å². The van der Waals surface area contributed by atoms with E-state index in [4.69, 9.17) is 23.9 Å². The van der Waals surface area contributed by atoms with Crippen molar-refractivity contribution in [2.45, 2.75) is 70.6 Å². The minimum Gasteiger partial charge on any atom is -0.459 e. The summed E-state index contributed by atoms with van der Waals surface area (Å²) in [4.78, 5) is 30.3. The number of imidazole rings is 1. The molecule has 2 aromatic heterocycles. The maximum absolute atomic E-state index is 12.9. The lowest BCUT2D eigenvalue weighted by Crippen LogP contribution is -2.47. The maximum Gasteiger partial charge on any atom is 0.326 e. The molecule has 0 bridgehead atoms. The van der Waals surface area contributed by atoms with Gasteiger partial charge in [0.2, 0.25) is 0 Å². The average Bonchev–Trinajstić information content (AvgIpc) is 3.69. The second kappa shape index (κ2) is 12.0. The van der Waals surface area contributed by atoms with E-state index in [1.165, 1.54) is 0 Å². The van der Waals surface area contributed by atoms with E-state index in [9.17, 15) is 9.59 Å². The molecule has 0 saturated carbocycles. The van der Waals surface area contributed by atoms with Crippen LogP contribution < -0.4 is 10.9 Å². The van der Waals surface area contributed by atoms with Crippen molar-refractivity contribution < 1.29 is 23.7 Å². The molecular weight excluding hydrogens is 500 g/mol. The van der Waals surface area contributed by atoms with E-state index >= 15 is 0 Å². The molecule has 10 heteroatoms. The minimum absolute atomic E-state index is 0.0206. The van der Waals surface area contributed by atoms with Crippen LogP contribution in [-0.2, 0) is 43.9 Å². The summed E-state index contributed by atoms with van der Waals surface area (Å²) < 4.78 is 26.2. The fourth-order valence-corrected chi connectivity index (χ4v) is 5.33. The van der Waals surface area contributed by atoms with Gasteiger partial charge < -0.3 is 28.1 Å². The van der Waals surface area contributed by atoms with E-state index < -0.39 is 6.04 Å². The van der Waals surface area contributed by atoms with Crippen molar-refractivity contribution in [2.75, 3.05) is 26.9 Å². The lowest BCUT2D eigenvalue weighted by atomic mass is 10.1. The predicted octanol–water partition coefficient (Wildman–Crippen LogP) is 2.71. The van der Waals surface area contributed by atoms with Gasteiger partial charge in [-0.1, -0.05) is 6.07 Å². The summed E-state index contributed by atoms with van der Waals surface area (Å²) in [5, 5.41) is 3.33. The molecule has 210 valence electrons. The molecule has 3 aromatic rings. The molecule has 0 amide bonds. The number of esters is 1. The first-order chi connectivity index (χ1) is 18.8. The summed E-state index contributed by atoms with van der Waals surface area (Å²) >= 11 is 0. The third-order valence-electron chi connectivity index (χ3n) is 7.64. The zero-order valence-electron chi connectivity index (χ0n) is 23.1. The van der Waals surface area contributed by atoms with Gasteiger partial charge in [-0.25, -0.2) is 4.98 Å². The molecule has 2 fully saturated rings. The Kier molecular flexibility index (Phi) is 8.46. The van der Waals surface area contributed by atoms with E-state index in [2.05, 4.69) is 16.0 Å². The number of ether oxygens (including phenoxy) is 4. The predicted molar refractivity (Wildman–Crippen MR) is 147 cm³/mol. The Bertz CT molecular complexity index is 1340. The highest BCUT2D eigenvalue weighted by Gasteiger charge is 2.30. The van der Waals surface area contributed by atoms with E-state index in [0.717, 1.165) is 47.4 Å². The fourth-order valence-electron chi connectivity index (χ4n) is 5.33. The number of nitrogens with one attached hydrogen (secondary N) is 1. The number of carbonyl (C=O) groups is 1. The highest BCUT2D eigenvalue weighted by Crippen LogP contribution is 2.28. The van der Waals surface area contributed by atoms with Crippen molar-refractivity contribution in [1.29, 1.82) is 0 Å².